The molecule has 2 aromatic rings. The Kier molecular flexibility index (Phi) is 4.93. The molecular weight excluding hydrogens is 262 g/mol. The second kappa shape index (κ2) is 6.88. The minimum absolute atomic E-state index is 0.105. The lowest BCUT2D eigenvalue weighted by molar-refractivity contribution is 0.0988. The molecular formula is C17H21N3O. The molecule has 2 rings (SSSR count). The molecule has 1 amide bonds. The summed E-state index contributed by atoms with van der Waals surface area (Å²) in [5, 5.41) is 3.24. The summed E-state index contributed by atoms with van der Waals surface area (Å²) >= 11 is 0. The van der Waals surface area contributed by atoms with E-state index in [1.807, 2.05) is 37.3 Å². The fourth-order valence-corrected chi connectivity index (χ4v) is 2.12. The lowest BCUT2D eigenvalue weighted by atomic mass is 10.2. The van der Waals surface area contributed by atoms with Gasteiger partial charge in [-0.2, -0.15) is 0 Å². The first-order valence-electron chi connectivity index (χ1n) is 7.17. The van der Waals surface area contributed by atoms with Gasteiger partial charge in [-0.05, 0) is 37.1 Å². The van der Waals surface area contributed by atoms with Gasteiger partial charge in [-0.1, -0.05) is 25.1 Å². The van der Waals surface area contributed by atoms with Gasteiger partial charge in [0.05, 0.1) is 11.9 Å². The Bertz CT molecular complexity index is 608. The van der Waals surface area contributed by atoms with Gasteiger partial charge in [-0.3, -0.25) is 4.79 Å². The number of nitrogens with zero attached hydrogens (tertiary/aromatic N) is 2. The summed E-state index contributed by atoms with van der Waals surface area (Å²) in [5.41, 5.74) is 3.35. The third kappa shape index (κ3) is 3.60. The maximum atomic E-state index is 12.5. The molecule has 0 aliphatic rings. The van der Waals surface area contributed by atoms with Crippen LogP contribution >= 0.6 is 0 Å². The topological polar surface area (TPSA) is 45.2 Å². The summed E-state index contributed by atoms with van der Waals surface area (Å²) in [6, 6.07) is 11.5. The van der Waals surface area contributed by atoms with E-state index < -0.39 is 0 Å². The van der Waals surface area contributed by atoms with E-state index in [9.17, 15) is 4.79 Å². The first-order valence-corrected chi connectivity index (χ1v) is 7.17. The summed E-state index contributed by atoms with van der Waals surface area (Å²) in [4.78, 5) is 18.4. The highest BCUT2D eigenvalue weighted by Crippen LogP contribution is 2.19. The van der Waals surface area contributed by atoms with E-state index in [4.69, 9.17) is 0 Å². The number of rotatable bonds is 5. The van der Waals surface area contributed by atoms with Crippen LogP contribution in [0, 0.1) is 6.92 Å². The number of aryl methyl sites for hydroxylation is 1. The van der Waals surface area contributed by atoms with Crippen LogP contribution in [0.4, 0.5) is 11.4 Å². The highest BCUT2D eigenvalue weighted by molar-refractivity contribution is 6.04. The van der Waals surface area contributed by atoms with Gasteiger partial charge in [0, 0.05) is 19.3 Å². The molecule has 1 heterocycles. The molecule has 0 fully saturated rings. The van der Waals surface area contributed by atoms with Gasteiger partial charge in [0.25, 0.3) is 5.91 Å². The van der Waals surface area contributed by atoms with Crippen molar-refractivity contribution in [3.8, 4) is 0 Å². The summed E-state index contributed by atoms with van der Waals surface area (Å²) < 4.78 is 0. The van der Waals surface area contributed by atoms with E-state index in [1.54, 1.807) is 24.2 Å². The number of hydrogen-bond donors (Lipinski definition) is 1. The van der Waals surface area contributed by atoms with Crippen molar-refractivity contribution in [3.63, 3.8) is 0 Å². The van der Waals surface area contributed by atoms with E-state index >= 15 is 0 Å². The molecule has 110 valence electrons. The molecule has 1 aromatic carbocycles. The molecule has 0 aliphatic carbocycles. The van der Waals surface area contributed by atoms with Crippen LogP contribution in [0.2, 0.25) is 0 Å². The number of para-hydroxylation sites is 1. The number of nitrogens with one attached hydrogen (secondary N) is 1. The predicted molar refractivity (Wildman–Crippen MR) is 86.9 cm³/mol. The highest BCUT2D eigenvalue weighted by atomic mass is 16.2. The van der Waals surface area contributed by atoms with Crippen molar-refractivity contribution in [2.24, 2.45) is 0 Å². The molecule has 0 saturated heterocycles. The molecule has 4 heteroatoms. The fraction of sp³-hybridized carbons (Fsp3) is 0.294. The predicted octanol–water partition coefficient (Wildman–Crippen LogP) is 3.49. The van der Waals surface area contributed by atoms with Crippen molar-refractivity contribution >= 4 is 17.3 Å². The zero-order chi connectivity index (χ0) is 15.2. The molecule has 0 unspecified atom stereocenters. The average Bonchev–Trinajstić information content (AvgIpc) is 2.52. The molecule has 0 spiro atoms. The van der Waals surface area contributed by atoms with Gasteiger partial charge in [-0.15, -0.1) is 0 Å². The lowest BCUT2D eigenvalue weighted by Crippen LogP contribution is -2.27. The molecule has 1 aromatic heterocycles. The molecule has 0 bridgehead atoms. The van der Waals surface area contributed by atoms with E-state index in [0.29, 0.717) is 5.69 Å². The molecule has 4 nitrogen and oxygen atoms in total. The first-order chi connectivity index (χ1) is 10.1. The number of hydrogen-bond acceptors (Lipinski definition) is 3. The summed E-state index contributed by atoms with van der Waals surface area (Å²) in [6.07, 6.45) is 2.76. The Labute approximate surface area is 125 Å². The van der Waals surface area contributed by atoms with E-state index in [0.717, 1.165) is 29.9 Å². The standard InChI is InChI=1S/C17H21N3O/c1-4-11-18-14-9-10-15(19-12-14)17(21)20(3)16-8-6-5-7-13(16)2/h5-10,12,18H,4,11H2,1-3H3. The van der Waals surface area contributed by atoms with Gasteiger partial charge in [0.1, 0.15) is 5.69 Å². The number of aromatic nitrogens is 1. The van der Waals surface area contributed by atoms with Crippen LogP contribution in [0.25, 0.3) is 0 Å². The van der Waals surface area contributed by atoms with Crippen molar-refractivity contribution in [2.75, 3.05) is 23.8 Å². The number of benzene rings is 1. The average molecular weight is 283 g/mol. The lowest BCUT2D eigenvalue weighted by Gasteiger charge is -2.19. The van der Waals surface area contributed by atoms with Crippen LogP contribution in [-0.4, -0.2) is 24.5 Å². The van der Waals surface area contributed by atoms with Crippen molar-refractivity contribution in [1.82, 2.24) is 4.98 Å². The van der Waals surface area contributed by atoms with E-state index in [-0.39, 0.29) is 5.91 Å². The molecule has 21 heavy (non-hydrogen) atoms. The minimum atomic E-state index is -0.105. The minimum Gasteiger partial charge on any atom is -0.384 e. The van der Waals surface area contributed by atoms with Crippen LogP contribution in [-0.2, 0) is 0 Å². The van der Waals surface area contributed by atoms with Crippen LogP contribution < -0.4 is 10.2 Å². The summed E-state index contributed by atoms with van der Waals surface area (Å²) in [6.45, 7) is 5.00. The molecule has 1 N–H and O–H groups in total. The summed E-state index contributed by atoms with van der Waals surface area (Å²) in [5.74, 6) is -0.105. The monoisotopic (exact) mass is 283 g/mol. The largest absolute Gasteiger partial charge is 0.384 e. The molecule has 0 radical (unpaired) electrons. The van der Waals surface area contributed by atoms with Gasteiger partial charge < -0.3 is 10.2 Å². The zero-order valence-electron chi connectivity index (χ0n) is 12.8. The molecule has 0 aliphatic heterocycles. The van der Waals surface area contributed by atoms with Crippen molar-refractivity contribution in [2.45, 2.75) is 20.3 Å². The Hall–Kier alpha value is -2.36. The maximum Gasteiger partial charge on any atom is 0.276 e. The summed E-state index contributed by atoms with van der Waals surface area (Å²) in [7, 11) is 1.77. The van der Waals surface area contributed by atoms with Crippen LogP contribution in [0.5, 0.6) is 0 Å². The second-order valence-electron chi connectivity index (χ2n) is 5.01. The van der Waals surface area contributed by atoms with Crippen molar-refractivity contribution in [1.29, 1.82) is 0 Å². The SMILES string of the molecule is CCCNc1ccc(C(=O)N(C)c2ccccc2C)nc1. The number of anilines is 2. The zero-order valence-corrected chi connectivity index (χ0v) is 12.8. The third-order valence-electron chi connectivity index (χ3n) is 3.34. The number of amides is 1. The highest BCUT2D eigenvalue weighted by Gasteiger charge is 2.15. The van der Waals surface area contributed by atoms with Gasteiger partial charge >= 0.3 is 0 Å². The Morgan fingerprint density at radius 3 is 2.62 bits per heavy atom. The van der Waals surface area contributed by atoms with Gasteiger partial charge in [0.2, 0.25) is 0 Å². The van der Waals surface area contributed by atoms with E-state index in [2.05, 4.69) is 17.2 Å². The maximum absolute atomic E-state index is 12.5. The third-order valence-corrected chi connectivity index (χ3v) is 3.34. The Morgan fingerprint density at radius 1 is 1.24 bits per heavy atom. The number of pyridine rings is 1. The van der Waals surface area contributed by atoms with Crippen molar-refractivity contribution < 1.29 is 4.79 Å². The fourth-order valence-electron chi connectivity index (χ4n) is 2.12. The van der Waals surface area contributed by atoms with Crippen LogP contribution in [0.15, 0.2) is 42.6 Å². The smallest absolute Gasteiger partial charge is 0.276 e. The van der Waals surface area contributed by atoms with Crippen LogP contribution in [0.1, 0.15) is 29.4 Å². The number of carbonyl (C=O) groups is 1. The Morgan fingerprint density at radius 2 is 2.00 bits per heavy atom. The van der Waals surface area contributed by atoms with Gasteiger partial charge in [0.15, 0.2) is 0 Å². The Balaban J connectivity index is 2.14. The van der Waals surface area contributed by atoms with Gasteiger partial charge in [-0.25, -0.2) is 4.98 Å². The van der Waals surface area contributed by atoms with Crippen LogP contribution in [0.3, 0.4) is 0 Å². The molecule has 0 saturated carbocycles. The normalized spacial score (nSPS) is 10.2. The van der Waals surface area contributed by atoms with E-state index in [1.165, 1.54) is 0 Å². The first kappa shape index (κ1) is 15.0. The quantitative estimate of drug-likeness (QED) is 0.913. The second-order valence-corrected chi connectivity index (χ2v) is 5.01. The molecule has 0 atom stereocenters. The van der Waals surface area contributed by atoms with Crippen molar-refractivity contribution in [3.05, 3.63) is 53.9 Å². The number of carbonyl (C=O) groups excluding carboxylic acids is 1.